The number of aliphatic hydroxyl groups is 1. The summed E-state index contributed by atoms with van der Waals surface area (Å²) >= 11 is 5.97. The molecule has 0 heterocycles. The van der Waals surface area contributed by atoms with Crippen LogP contribution in [0.2, 0.25) is 5.02 Å². The highest BCUT2D eigenvalue weighted by Crippen LogP contribution is 2.26. The fourth-order valence-electron chi connectivity index (χ4n) is 3.55. The van der Waals surface area contributed by atoms with E-state index in [1.165, 1.54) is 24.3 Å². The standard InChI is InChI=1S/C25H26ClNO5S/c1-16-6-11-24(22(12-16)25(29)30)33(31,32)21-9-7-18(8-10-21)13-17(2)27-15-23(28)19-4-3-5-20(26)14-19/h3-12,14,17,23,27-28H,13,15H2,1-2H3,(H,29,30)/t17-,23-/m1/s1. The fraction of sp³-hybridized carbons (Fsp3) is 0.240. The molecule has 33 heavy (non-hydrogen) atoms. The number of nitrogens with one attached hydrogen (secondary N) is 1. The maximum absolute atomic E-state index is 13.0. The van der Waals surface area contributed by atoms with E-state index in [1.807, 2.05) is 13.0 Å². The molecule has 0 bridgehead atoms. The molecule has 174 valence electrons. The highest BCUT2D eigenvalue weighted by molar-refractivity contribution is 7.91. The van der Waals surface area contributed by atoms with Crippen molar-refractivity contribution in [3.8, 4) is 0 Å². The average Bonchev–Trinajstić information content (AvgIpc) is 2.77. The van der Waals surface area contributed by atoms with Gasteiger partial charge < -0.3 is 15.5 Å². The Balaban J connectivity index is 1.67. The Morgan fingerprint density at radius 2 is 1.76 bits per heavy atom. The zero-order valence-electron chi connectivity index (χ0n) is 18.3. The molecular formula is C25H26ClNO5S. The molecule has 0 aromatic heterocycles. The second-order valence-corrected chi connectivity index (χ2v) is 10.4. The number of aryl methyl sites for hydroxylation is 1. The van der Waals surface area contributed by atoms with E-state index in [4.69, 9.17) is 11.6 Å². The van der Waals surface area contributed by atoms with E-state index < -0.39 is 21.9 Å². The molecule has 0 saturated heterocycles. The molecule has 0 radical (unpaired) electrons. The third kappa shape index (κ3) is 6.21. The minimum Gasteiger partial charge on any atom is -0.478 e. The first-order valence-electron chi connectivity index (χ1n) is 10.4. The number of sulfone groups is 1. The smallest absolute Gasteiger partial charge is 0.337 e. The second kappa shape index (κ2) is 10.5. The van der Waals surface area contributed by atoms with E-state index in [-0.39, 0.29) is 21.4 Å². The van der Waals surface area contributed by atoms with Crippen LogP contribution in [0.4, 0.5) is 0 Å². The van der Waals surface area contributed by atoms with E-state index in [0.717, 1.165) is 11.1 Å². The molecule has 2 atom stereocenters. The van der Waals surface area contributed by atoms with E-state index in [9.17, 15) is 23.4 Å². The summed E-state index contributed by atoms with van der Waals surface area (Å²) in [6, 6.07) is 17.8. The number of carboxylic acid groups (broad SMARTS) is 1. The quantitative estimate of drug-likeness (QED) is 0.412. The first kappa shape index (κ1) is 24.9. The first-order chi connectivity index (χ1) is 15.6. The summed E-state index contributed by atoms with van der Waals surface area (Å²) in [6.07, 6.45) is -0.0790. The van der Waals surface area contributed by atoms with Crippen LogP contribution in [0.25, 0.3) is 0 Å². The highest BCUT2D eigenvalue weighted by atomic mass is 35.5. The van der Waals surface area contributed by atoms with Gasteiger partial charge in [0.1, 0.15) is 0 Å². The number of aliphatic hydroxyl groups excluding tert-OH is 1. The largest absolute Gasteiger partial charge is 0.478 e. The van der Waals surface area contributed by atoms with Crippen molar-refractivity contribution in [2.24, 2.45) is 0 Å². The minimum atomic E-state index is -3.97. The molecule has 6 nitrogen and oxygen atoms in total. The average molecular weight is 488 g/mol. The minimum absolute atomic E-state index is 0.0250. The van der Waals surface area contributed by atoms with Crippen LogP contribution in [0.3, 0.4) is 0 Å². The molecule has 3 N–H and O–H groups in total. The highest BCUT2D eigenvalue weighted by Gasteiger charge is 2.24. The third-order valence-electron chi connectivity index (χ3n) is 5.32. The summed E-state index contributed by atoms with van der Waals surface area (Å²) in [5, 5.41) is 23.6. The monoisotopic (exact) mass is 487 g/mol. The molecule has 8 heteroatoms. The molecule has 0 unspecified atom stereocenters. The molecule has 0 fully saturated rings. The van der Waals surface area contributed by atoms with Gasteiger partial charge in [0.2, 0.25) is 9.84 Å². The predicted molar refractivity (Wildman–Crippen MR) is 128 cm³/mol. The van der Waals surface area contributed by atoms with E-state index in [0.29, 0.717) is 23.6 Å². The normalized spacial score (nSPS) is 13.5. The van der Waals surface area contributed by atoms with Crippen molar-refractivity contribution < 1.29 is 23.4 Å². The lowest BCUT2D eigenvalue weighted by Crippen LogP contribution is -2.32. The van der Waals surface area contributed by atoms with E-state index >= 15 is 0 Å². The predicted octanol–water partition coefficient (Wildman–Crippen LogP) is 4.43. The van der Waals surface area contributed by atoms with Crippen molar-refractivity contribution in [1.29, 1.82) is 0 Å². The Morgan fingerprint density at radius 1 is 1.06 bits per heavy atom. The van der Waals surface area contributed by atoms with Crippen molar-refractivity contribution >= 4 is 27.4 Å². The summed E-state index contributed by atoms with van der Waals surface area (Å²) in [5.74, 6) is -1.28. The van der Waals surface area contributed by atoms with Gasteiger partial charge in [-0.3, -0.25) is 0 Å². The van der Waals surface area contributed by atoms with Gasteiger partial charge in [-0.15, -0.1) is 0 Å². The van der Waals surface area contributed by atoms with Gasteiger partial charge in [-0.25, -0.2) is 13.2 Å². The zero-order valence-corrected chi connectivity index (χ0v) is 19.9. The number of carboxylic acids is 1. The van der Waals surface area contributed by atoms with E-state index in [2.05, 4.69) is 5.32 Å². The molecular weight excluding hydrogens is 462 g/mol. The number of halogens is 1. The number of benzene rings is 3. The molecule has 0 amide bonds. The van der Waals surface area contributed by atoms with Gasteiger partial charge in [-0.05, 0) is 67.8 Å². The number of aromatic carboxylic acids is 1. The first-order valence-corrected chi connectivity index (χ1v) is 12.3. The lowest BCUT2D eigenvalue weighted by Gasteiger charge is -2.18. The van der Waals surface area contributed by atoms with Crippen molar-refractivity contribution in [1.82, 2.24) is 5.32 Å². The van der Waals surface area contributed by atoms with Crippen molar-refractivity contribution in [2.45, 2.75) is 42.2 Å². The molecule has 0 spiro atoms. The molecule has 3 aromatic rings. The summed E-state index contributed by atoms with van der Waals surface area (Å²) in [6.45, 7) is 4.03. The molecule has 3 aromatic carbocycles. The number of hydrogen-bond donors (Lipinski definition) is 3. The summed E-state index contributed by atoms with van der Waals surface area (Å²) < 4.78 is 26.1. The Labute approximate surface area is 198 Å². The van der Waals surface area contributed by atoms with Gasteiger partial charge >= 0.3 is 5.97 Å². The van der Waals surface area contributed by atoms with Crippen LogP contribution in [0.15, 0.2) is 76.5 Å². The lowest BCUT2D eigenvalue weighted by atomic mass is 10.1. The molecule has 3 rings (SSSR count). The van der Waals surface area contributed by atoms with E-state index in [1.54, 1.807) is 43.3 Å². The lowest BCUT2D eigenvalue weighted by molar-refractivity contribution is 0.0692. The topological polar surface area (TPSA) is 104 Å². The van der Waals surface area contributed by atoms with Crippen LogP contribution in [0.1, 0.15) is 40.1 Å². The fourth-order valence-corrected chi connectivity index (χ4v) is 5.18. The SMILES string of the molecule is Cc1ccc(S(=O)(=O)c2ccc(C[C@@H](C)NC[C@@H](O)c3cccc(Cl)c3)cc2)c(C(=O)O)c1. The van der Waals surface area contributed by atoms with Crippen LogP contribution in [0, 0.1) is 6.92 Å². The summed E-state index contributed by atoms with van der Waals surface area (Å²) in [4.78, 5) is 11.4. The molecule has 0 aliphatic carbocycles. The van der Waals surface area contributed by atoms with Crippen LogP contribution in [0.5, 0.6) is 0 Å². The summed E-state index contributed by atoms with van der Waals surface area (Å²) in [7, 11) is -3.97. The van der Waals surface area contributed by atoms with Crippen LogP contribution in [-0.4, -0.2) is 37.2 Å². The maximum Gasteiger partial charge on any atom is 0.337 e. The van der Waals surface area contributed by atoms with Gasteiger partial charge in [0.05, 0.1) is 21.5 Å². The van der Waals surface area contributed by atoms with Gasteiger partial charge in [0.25, 0.3) is 0 Å². The summed E-state index contributed by atoms with van der Waals surface area (Å²) in [5.41, 5.74) is 2.07. The molecule has 0 aliphatic heterocycles. The van der Waals surface area contributed by atoms with Gasteiger partial charge in [-0.2, -0.15) is 0 Å². The van der Waals surface area contributed by atoms with Gasteiger partial charge in [0.15, 0.2) is 0 Å². The van der Waals surface area contributed by atoms with Gasteiger partial charge in [0, 0.05) is 17.6 Å². The third-order valence-corrected chi connectivity index (χ3v) is 7.39. The van der Waals surface area contributed by atoms with Crippen LogP contribution >= 0.6 is 11.6 Å². The Morgan fingerprint density at radius 3 is 2.39 bits per heavy atom. The Kier molecular flexibility index (Phi) is 7.92. The molecule has 0 aliphatic rings. The zero-order chi connectivity index (χ0) is 24.2. The Bertz CT molecular complexity index is 1240. The van der Waals surface area contributed by atoms with Crippen molar-refractivity contribution in [2.75, 3.05) is 6.54 Å². The second-order valence-electron chi connectivity index (χ2n) is 8.04. The van der Waals surface area contributed by atoms with Crippen molar-refractivity contribution in [3.05, 3.63) is 94.0 Å². The number of rotatable bonds is 9. The van der Waals surface area contributed by atoms with Crippen LogP contribution in [-0.2, 0) is 16.3 Å². The van der Waals surface area contributed by atoms with Crippen molar-refractivity contribution in [3.63, 3.8) is 0 Å². The van der Waals surface area contributed by atoms with Gasteiger partial charge in [-0.1, -0.05) is 47.5 Å². The maximum atomic E-state index is 13.0. The molecule has 0 saturated carbocycles. The van der Waals surface area contributed by atoms with Crippen LogP contribution < -0.4 is 5.32 Å². The Hall–Kier alpha value is -2.71. The number of carbonyl (C=O) groups is 1. The number of hydrogen-bond acceptors (Lipinski definition) is 5.